The van der Waals surface area contributed by atoms with E-state index in [-0.39, 0.29) is 0 Å². The summed E-state index contributed by atoms with van der Waals surface area (Å²) in [6.07, 6.45) is 6.49. The quantitative estimate of drug-likeness (QED) is 0.868. The van der Waals surface area contributed by atoms with Gasteiger partial charge in [-0.25, -0.2) is 0 Å². The second-order valence-electron chi connectivity index (χ2n) is 5.92. The van der Waals surface area contributed by atoms with Crippen LogP contribution >= 0.6 is 0 Å². The largest absolute Gasteiger partial charge is 0.496 e. The van der Waals surface area contributed by atoms with E-state index in [2.05, 4.69) is 37.4 Å². The van der Waals surface area contributed by atoms with Crippen LogP contribution in [-0.4, -0.2) is 19.7 Å². The number of hydrogen-bond acceptors (Lipinski definition) is 2. The monoisotopic (exact) mass is 261 g/mol. The zero-order chi connectivity index (χ0) is 13.7. The van der Waals surface area contributed by atoms with E-state index in [0.717, 1.165) is 11.8 Å². The van der Waals surface area contributed by atoms with Crippen LogP contribution in [0.3, 0.4) is 0 Å². The first-order valence-corrected chi connectivity index (χ1v) is 7.61. The Bertz CT molecular complexity index is 394. The molecule has 0 spiro atoms. The highest BCUT2D eigenvalue weighted by Gasteiger charge is 2.13. The molecule has 1 fully saturated rings. The van der Waals surface area contributed by atoms with Gasteiger partial charge in [0.1, 0.15) is 5.75 Å². The van der Waals surface area contributed by atoms with Gasteiger partial charge in [-0.2, -0.15) is 0 Å². The number of nitrogens with one attached hydrogen (secondary N) is 1. The summed E-state index contributed by atoms with van der Waals surface area (Å²) >= 11 is 0. The fraction of sp³-hybridized carbons (Fsp3) is 0.647. The molecule has 1 atom stereocenters. The zero-order valence-electron chi connectivity index (χ0n) is 12.5. The van der Waals surface area contributed by atoms with Gasteiger partial charge in [-0.05, 0) is 55.3 Å². The molecule has 106 valence electrons. The Kier molecular flexibility index (Phi) is 5.26. The van der Waals surface area contributed by atoms with E-state index in [1.54, 1.807) is 7.11 Å². The Morgan fingerprint density at radius 1 is 1.32 bits per heavy atom. The number of hydrogen-bond donors (Lipinski definition) is 1. The van der Waals surface area contributed by atoms with E-state index in [4.69, 9.17) is 4.74 Å². The highest BCUT2D eigenvalue weighted by molar-refractivity contribution is 5.39. The smallest absolute Gasteiger partial charge is 0.122 e. The van der Waals surface area contributed by atoms with Crippen LogP contribution in [0.4, 0.5) is 0 Å². The molecule has 0 aromatic heterocycles. The van der Waals surface area contributed by atoms with Gasteiger partial charge in [-0.3, -0.25) is 0 Å². The van der Waals surface area contributed by atoms with Crippen LogP contribution in [-0.2, 0) is 6.42 Å². The van der Waals surface area contributed by atoms with E-state index in [9.17, 15) is 0 Å². The third kappa shape index (κ3) is 3.97. The fourth-order valence-corrected chi connectivity index (χ4v) is 2.90. The van der Waals surface area contributed by atoms with E-state index in [0.29, 0.717) is 5.92 Å². The summed E-state index contributed by atoms with van der Waals surface area (Å²) < 4.78 is 5.44. The maximum absolute atomic E-state index is 5.44. The van der Waals surface area contributed by atoms with E-state index in [1.165, 1.54) is 49.8 Å². The molecule has 1 aromatic carbocycles. The molecule has 19 heavy (non-hydrogen) atoms. The lowest BCUT2D eigenvalue weighted by Gasteiger charge is -2.23. The van der Waals surface area contributed by atoms with E-state index < -0.39 is 0 Å². The summed E-state index contributed by atoms with van der Waals surface area (Å²) in [4.78, 5) is 0. The van der Waals surface area contributed by atoms with Crippen molar-refractivity contribution < 1.29 is 4.74 Å². The molecule has 1 saturated heterocycles. The Morgan fingerprint density at radius 3 is 2.79 bits per heavy atom. The third-order valence-corrected chi connectivity index (χ3v) is 4.11. The molecule has 2 heteroatoms. The van der Waals surface area contributed by atoms with Crippen molar-refractivity contribution in [3.8, 4) is 5.75 Å². The summed E-state index contributed by atoms with van der Waals surface area (Å²) in [5.74, 6) is 1.54. The van der Waals surface area contributed by atoms with Gasteiger partial charge in [-0.15, -0.1) is 0 Å². The van der Waals surface area contributed by atoms with Crippen molar-refractivity contribution in [2.24, 2.45) is 0 Å². The van der Waals surface area contributed by atoms with Crippen molar-refractivity contribution >= 4 is 0 Å². The molecule has 1 aliphatic heterocycles. The van der Waals surface area contributed by atoms with Crippen molar-refractivity contribution in [3.63, 3.8) is 0 Å². The van der Waals surface area contributed by atoms with Crippen LogP contribution in [0.2, 0.25) is 0 Å². The SMILES string of the molecule is COc1ccc(CCC2CCCCN2)cc1C(C)C. The summed E-state index contributed by atoms with van der Waals surface area (Å²) in [5, 5.41) is 3.62. The van der Waals surface area contributed by atoms with Gasteiger partial charge in [0.25, 0.3) is 0 Å². The van der Waals surface area contributed by atoms with Gasteiger partial charge in [0.15, 0.2) is 0 Å². The van der Waals surface area contributed by atoms with Crippen molar-refractivity contribution in [2.75, 3.05) is 13.7 Å². The Hall–Kier alpha value is -1.02. The van der Waals surface area contributed by atoms with Crippen LogP contribution in [0.15, 0.2) is 18.2 Å². The first-order valence-electron chi connectivity index (χ1n) is 7.61. The number of rotatable bonds is 5. The second kappa shape index (κ2) is 6.95. The molecular formula is C17H27NO. The predicted octanol–water partition coefficient (Wildman–Crippen LogP) is 3.89. The van der Waals surface area contributed by atoms with Crippen LogP contribution in [0.25, 0.3) is 0 Å². The van der Waals surface area contributed by atoms with Crippen molar-refractivity contribution in [3.05, 3.63) is 29.3 Å². The van der Waals surface area contributed by atoms with Crippen LogP contribution < -0.4 is 10.1 Å². The molecule has 0 saturated carbocycles. The lowest BCUT2D eigenvalue weighted by atomic mass is 9.94. The summed E-state index contributed by atoms with van der Waals surface area (Å²) in [6.45, 7) is 5.65. The highest BCUT2D eigenvalue weighted by atomic mass is 16.5. The van der Waals surface area contributed by atoms with Crippen LogP contribution in [0.5, 0.6) is 5.75 Å². The predicted molar refractivity (Wildman–Crippen MR) is 81.0 cm³/mol. The molecule has 1 unspecified atom stereocenters. The number of methoxy groups -OCH3 is 1. The topological polar surface area (TPSA) is 21.3 Å². The Labute approximate surface area is 117 Å². The maximum atomic E-state index is 5.44. The second-order valence-corrected chi connectivity index (χ2v) is 5.92. The molecule has 2 rings (SSSR count). The average molecular weight is 261 g/mol. The average Bonchev–Trinajstić information content (AvgIpc) is 2.46. The van der Waals surface area contributed by atoms with Gasteiger partial charge >= 0.3 is 0 Å². The van der Waals surface area contributed by atoms with Gasteiger partial charge in [0.05, 0.1) is 7.11 Å². The highest BCUT2D eigenvalue weighted by Crippen LogP contribution is 2.28. The number of benzene rings is 1. The number of aryl methyl sites for hydroxylation is 1. The van der Waals surface area contributed by atoms with Gasteiger partial charge in [0.2, 0.25) is 0 Å². The van der Waals surface area contributed by atoms with E-state index in [1.807, 2.05) is 0 Å². The summed E-state index contributed by atoms with van der Waals surface area (Å²) in [5.41, 5.74) is 2.77. The van der Waals surface area contributed by atoms with Crippen molar-refractivity contribution in [2.45, 2.75) is 57.9 Å². The Balaban J connectivity index is 1.98. The summed E-state index contributed by atoms with van der Waals surface area (Å²) in [7, 11) is 1.76. The van der Waals surface area contributed by atoms with E-state index >= 15 is 0 Å². The van der Waals surface area contributed by atoms with Gasteiger partial charge in [0, 0.05) is 6.04 Å². The lowest BCUT2D eigenvalue weighted by Crippen LogP contribution is -2.34. The fourth-order valence-electron chi connectivity index (χ4n) is 2.90. The molecule has 1 heterocycles. The molecule has 1 N–H and O–H groups in total. The van der Waals surface area contributed by atoms with Gasteiger partial charge < -0.3 is 10.1 Å². The summed E-state index contributed by atoms with van der Waals surface area (Å²) in [6, 6.07) is 7.39. The minimum absolute atomic E-state index is 0.516. The number of piperidine rings is 1. The number of ether oxygens (including phenoxy) is 1. The van der Waals surface area contributed by atoms with Crippen LogP contribution in [0, 0.1) is 0 Å². The van der Waals surface area contributed by atoms with Gasteiger partial charge in [-0.1, -0.05) is 32.4 Å². The molecule has 0 amide bonds. The third-order valence-electron chi connectivity index (χ3n) is 4.11. The molecule has 0 aliphatic carbocycles. The normalized spacial score (nSPS) is 19.7. The minimum Gasteiger partial charge on any atom is -0.496 e. The molecule has 0 radical (unpaired) electrons. The molecule has 1 aliphatic rings. The van der Waals surface area contributed by atoms with Crippen LogP contribution in [0.1, 0.15) is 56.6 Å². The minimum atomic E-state index is 0.516. The zero-order valence-corrected chi connectivity index (χ0v) is 12.5. The molecule has 0 bridgehead atoms. The molecule has 1 aromatic rings. The molecule has 2 nitrogen and oxygen atoms in total. The van der Waals surface area contributed by atoms with Crippen molar-refractivity contribution in [1.29, 1.82) is 0 Å². The standard InChI is InChI=1S/C17H27NO/c1-13(2)16-12-14(8-10-17(16)19-3)7-9-15-6-4-5-11-18-15/h8,10,12-13,15,18H,4-7,9,11H2,1-3H3. The maximum Gasteiger partial charge on any atom is 0.122 e. The molecular weight excluding hydrogens is 234 g/mol. The first-order chi connectivity index (χ1) is 9.20. The first kappa shape index (κ1) is 14.4. The lowest BCUT2D eigenvalue weighted by molar-refractivity contribution is 0.382. The Morgan fingerprint density at radius 2 is 2.16 bits per heavy atom. The van der Waals surface area contributed by atoms with Crippen molar-refractivity contribution in [1.82, 2.24) is 5.32 Å².